The van der Waals surface area contributed by atoms with Gasteiger partial charge in [-0.25, -0.2) is 4.39 Å². The summed E-state index contributed by atoms with van der Waals surface area (Å²) in [6.45, 7) is 0. The summed E-state index contributed by atoms with van der Waals surface area (Å²) in [6, 6.07) is 7.19. The van der Waals surface area contributed by atoms with Crippen LogP contribution in [0.15, 0.2) is 35.4 Å². The van der Waals surface area contributed by atoms with Crippen molar-refractivity contribution < 1.29 is 9.18 Å². The van der Waals surface area contributed by atoms with Gasteiger partial charge in [0.1, 0.15) is 11.6 Å². The fourth-order valence-electron chi connectivity index (χ4n) is 7.36. The number of hydrogen-bond acceptors (Lipinski definition) is 1. The summed E-state index contributed by atoms with van der Waals surface area (Å²) in [4.78, 5) is 12.1. The van der Waals surface area contributed by atoms with Crippen molar-refractivity contribution >= 4 is 5.78 Å². The van der Waals surface area contributed by atoms with Crippen LogP contribution in [0.3, 0.4) is 0 Å². The molecule has 4 aliphatic rings. The number of carbonyl (C=O) groups excluding carboxylic acids is 1. The molecule has 5 rings (SSSR count). The van der Waals surface area contributed by atoms with Gasteiger partial charge >= 0.3 is 0 Å². The Bertz CT molecular complexity index is 857. The molecule has 0 spiro atoms. The van der Waals surface area contributed by atoms with Crippen molar-refractivity contribution in [2.45, 2.75) is 70.1 Å². The highest BCUT2D eigenvalue weighted by molar-refractivity contribution is 5.80. The number of benzene rings is 1. The van der Waals surface area contributed by atoms with Crippen molar-refractivity contribution in [2.24, 2.45) is 23.2 Å². The van der Waals surface area contributed by atoms with Crippen molar-refractivity contribution in [3.63, 3.8) is 0 Å². The molecule has 0 aromatic heterocycles. The highest BCUT2D eigenvalue weighted by Gasteiger charge is 2.54. The Morgan fingerprint density at radius 3 is 2.75 bits per heavy atom. The van der Waals surface area contributed by atoms with Crippen molar-refractivity contribution in [3.8, 4) is 12.3 Å². The monoisotopic (exact) mass is 376 g/mol. The third kappa shape index (κ3) is 2.78. The lowest BCUT2D eigenvalue weighted by molar-refractivity contribution is -0.120. The van der Waals surface area contributed by atoms with Gasteiger partial charge in [0, 0.05) is 25.2 Å². The quantitative estimate of drug-likeness (QED) is 0.444. The predicted molar refractivity (Wildman–Crippen MR) is 109 cm³/mol. The molecule has 0 saturated heterocycles. The molecule has 3 fully saturated rings. The molecule has 1 aromatic carbocycles. The maximum absolute atomic E-state index is 13.6. The Labute approximate surface area is 167 Å². The summed E-state index contributed by atoms with van der Waals surface area (Å²) in [6.07, 6.45) is 16.4. The van der Waals surface area contributed by atoms with Crippen LogP contribution in [0.25, 0.3) is 0 Å². The second-order valence-electron chi connectivity index (χ2n) is 9.65. The van der Waals surface area contributed by atoms with Crippen LogP contribution in [0.2, 0.25) is 0 Å². The van der Waals surface area contributed by atoms with E-state index < -0.39 is 0 Å². The predicted octanol–water partition coefficient (Wildman–Crippen LogP) is 6.20. The Morgan fingerprint density at radius 1 is 1.14 bits per heavy atom. The summed E-state index contributed by atoms with van der Waals surface area (Å²) >= 11 is 0. The molecule has 1 aromatic rings. The van der Waals surface area contributed by atoms with Gasteiger partial charge in [0.05, 0.1) is 0 Å². The summed E-state index contributed by atoms with van der Waals surface area (Å²) in [5.74, 6) is 5.39. The van der Waals surface area contributed by atoms with Crippen LogP contribution in [0.5, 0.6) is 0 Å². The minimum Gasteiger partial charge on any atom is -0.300 e. The molecule has 0 aliphatic heterocycles. The molecule has 0 N–H and O–H groups in total. The molecule has 5 atom stereocenters. The first-order chi connectivity index (χ1) is 13.6. The van der Waals surface area contributed by atoms with Gasteiger partial charge in [-0.15, -0.1) is 12.3 Å². The first-order valence-electron chi connectivity index (χ1n) is 11.0. The molecule has 0 amide bonds. The van der Waals surface area contributed by atoms with Crippen molar-refractivity contribution in [1.29, 1.82) is 0 Å². The first kappa shape index (κ1) is 18.2. The number of fused-ring (bicyclic) bond motifs is 4. The second kappa shape index (κ2) is 6.87. The fourth-order valence-corrected chi connectivity index (χ4v) is 7.36. The minimum absolute atomic E-state index is 0.171. The SMILES string of the molecule is C#CC[C@@]12CCC[C@H]1[C@@H]1CCC3CC(=O)CCC3=C1[C@@H](c1ccc(F)cc1)C2. The van der Waals surface area contributed by atoms with Gasteiger partial charge in [-0.05, 0) is 79.4 Å². The number of Topliss-reactive ketones (excluding diaryl/α,β-unsaturated/α-hetero) is 1. The number of terminal acetylenes is 1. The smallest absolute Gasteiger partial charge is 0.133 e. The lowest BCUT2D eigenvalue weighted by Crippen LogP contribution is -2.43. The normalized spacial score (nSPS) is 37.1. The second-order valence-corrected chi connectivity index (χ2v) is 9.65. The summed E-state index contributed by atoms with van der Waals surface area (Å²) in [5, 5.41) is 0. The van der Waals surface area contributed by atoms with E-state index in [1.165, 1.54) is 31.2 Å². The Morgan fingerprint density at radius 2 is 1.96 bits per heavy atom. The minimum atomic E-state index is -0.171. The molecule has 1 unspecified atom stereocenters. The van der Waals surface area contributed by atoms with Crippen LogP contribution in [-0.4, -0.2) is 5.78 Å². The standard InChI is InChI=1S/C26H29FO/c1-2-13-26-14-3-4-24(26)22-11-7-18-15-20(28)10-12-21(18)25(22)23(16-26)17-5-8-19(27)9-6-17/h1,5-6,8-9,18,22-24H,3-4,7,10-16H2/t18?,22-,23+,24-,26-/m0/s1. The molecular formula is C26H29FO. The van der Waals surface area contributed by atoms with E-state index in [2.05, 4.69) is 5.92 Å². The van der Waals surface area contributed by atoms with E-state index in [1.54, 1.807) is 23.3 Å². The third-order valence-corrected chi connectivity index (χ3v) is 8.41. The highest BCUT2D eigenvalue weighted by Crippen LogP contribution is 2.65. The van der Waals surface area contributed by atoms with E-state index in [-0.39, 0.29) is 11.2 Å². The van der Waals surface area contributed by atoms with Crippen LogP contribution in [0.1, 0.15) is 75.7 Å². The molecule has 28 heavy (non-hydrogen) atoms. The molecule has 2 heteroatoms. The van der Waals surface area contributed by atoms with Gasteiger partial charge in [-0.2, -0.15) is 0 Å². The Kier molecular flexibility index (Phi) is 4.46. The largest absolute Gasteiger partial charge is 0.300 e. The molecule has 3 saturated carbocycles. The van der Waals surface area contributed by atoms with Crippen molar-refractivity contribution in [1.82, 2.24) is 0 Å². The van der Waals surface area contributed by atoms with E-state index in [1.807, 2.05) is 12.1 Å². The number of rotatable bonds is 2. The van der Waals surface area contributed by atoms with E-state index in [9.17, 15) is 9.18 Å². The topological polar surface area (TPSA) is 17.1 Å². The van der Waals surface area contributed by atoms with Gasteiger partial charge in [0.15, 0.2) is 0 Å². The zero-order valence-corrected chi connectivity index (χ0v) is 16.6. The highest BCUT2D eigenvalue weighted by atomic mass is 19.1. The van der Waals surface area contributed by atoms with E-state index in [0.29, 0.717) is 35.9 Å². The fraction of sp³-hybridized carbons (Fsp3) is 0.577. The Balaban J connectivity index is 1.64. The van der Waals surface area contributed by atoms with Gasteiger partial charge in [-0.3, -0.25) is 4.79 Å². The van der Waals surface area contributed by atoms with Crippen molar-refractivity contribution in [3.05, 3.63) is 46.8 Å². The average Bonchev–Trinajstić information content (AvgIpc) is 3.11. The van der Waals surface area contributed by atoms with Crippen molar-refractivity contribution in [2.75, 3.05) is 0 Å². The molecule has 1 nitrogen and oxygen atoms in total. The summed E-state index contributed by atoms with van der Waals surface area (Å²) in [5.41, 5.74) is 4.72. The molecule has 0 bridgehead atoms. The lowest BCUT2D eigenvalue weighted by Gasteiger charge is -2.53. The first-order valence-corrected chi connectivity index (χ1v) is 11.0. The van der Waals surface area contributed by atoms with E-state index in [4.69, 9.17) is 6.42 Å². The Hall–Kier alpha value is -1.88. The van der Waals surface area contributed by atoms with Crippen LogP contribution < -0.4 is 0 Å². The van der Waals surface area contributed by atoms with Crippen LogP contribution in [0.4, 0.5) is 4.39 Å². The maximum Gasteiger partial charge on any atom is 0.133 e. The molecule has 4 aliphatic carbocycles. The zero-order valence-electron chi connectivity index (χ0n) is 16.6. The van der Waals surface area contributed by atoms with Crippen LogP contribution >= 0.6 is 0 Å². The number of halogens is 1. The third-order valence-electron chi connectivity index (χ3n) is 8.41. The van der Waals surface area contributed by atoms with E-state index in [0.717, 1.165) is 32.1 Å². The average molecular weight is 377 g/mol. The zero-order chi connectivity index (χ0) is 19.3. The number of ketones is 1. The van der Waals surface area contributed by atoms with Gasteiger partial charge in [0.25, 0.3) is 0 Å². The number of carbonyl (C=O) groups is 1. The van der Waals surface area contributed by atoms with Gasteiger partial charge in [0.2, 0.25) is 0 Å². The van der Waals surface area contributed by atoms with Gasteiger partial charge in [-0.1, -0.05) is 29.7 Å². The lowest BCUT2D eigenvalue weighted by atomic mass is 9.51. The number of hydrogen-bond donors (Lipinski definition) is 0. The maximum atomic E-state index is 13.6. The van der Waals surface area contributed by atoms with Gasteiger partial charge < -0.3 is 0 Å². The molecular weight excluding hydrogens is 347 g/mol. The van der Waals surface area contributed by atoms with Crippen LogP contribution in [-0.2, 0) is 4.79 Å². The molecule has 0 heterocycles. The summed E-state index contributed by atoms with van der Waals surface area (Å²) in [7, 11) is 0. The van der Waals surface area contributed by atoms with E-state index >= 15 is 0 Å². The van der Waals surface area contributed by atoms with Crippen LogP contribution in [0, 0.1) is 41.3 Å². The number of allylic oxidation sites excluding steroid dienone is 2. The summed E-state index contributed by atoms with van der Waals surface area (Å²) < 4.78 is 13.6. The molecule has 146 valence electrons. The molecule has 0 radical (unpaired) electrons.